The molecule has 0 aliphatic rings. The molecule has 0 aliphatic heterocycles. The Morgan fingerprint density at radius 2 is 1.32 bits per heavy atom. The Bertz CT molecular complexity index is 788. The van der Waals surface area contributed by atoms with E-state index in [9.17, 15) is 0 Å². The van der Waals surface area contributed by atoms with Gasteiger partial charge in [0.05, 0.1) is 0 Å². The van der Waals surface area contributed by atoms with Gasteiger partial charge >= 0.3 is 0 Å². The van der Waals surface area contributed by atoms with Crippen molar-refractivity contribution in [1.29, 1.82) is 0 Å². The normalized spacial score (nSPS) is 11.8. The largest absolute Gasteiger partial charge is 0.453 e. The molecule has 0 amide bonds. The third-order valence-electron chi connectivity index (χ3n) is 3.94. The number of benzene rings is 3. The fourth-order valence-electron chi connectivity index (χ4n) is 2.63. The van der Waals surface area contributed by atoms with Crippen LogP contribution in [0.5, 0.6) is 23.0 Å². The molecule has 3 aromatic carbocycles. The van der Waals surface area contributed by atoms with E-state index in [1.165, 1.54) is 0 Å². The van der Waals surface area contributed by atoms with Crippen molar-refractivity contribution < 1.29 is 9.47 Å². The maximum absolute atomic E-state index is 6.27. The number of ether oxygens (including phenoxy) is 2. The summed E-state index contributed by atoms with van der Waals surface area (Å²) in [5.41, 5.74) is 7.32. The lowest BCUT2D eigenvalue weighted by molar-refractivity contribution is 0.417. The summed E-state index contributed by atoms with van der Waals surface area (Å²) in [6, 6.07) is 25.3. The van der Waals surface area contributed by atoms with Gasteiger partial charge in [-0.3, -0.25) is 0 Å². The van der Waals surface area contributed by atoms with Crippen LogP contribution < -0.4 is 15.2 Å². The molecule has 2 N–H and O–H groups in total. The summed E-state index contributed by atoms with van der Waals surface area (Å²) in [5, 5.41) is 0. The molecular formula is C22H23NO2. The molecule has 3 nitrogen and oxygen atoms in total. The lowest BCUT2D eigenvalue weighted by atomic mass is 10.0. The van der Waals surface area contributed by atoms with E-state index in [-0.39, 0.29) is 6.04 Å². The van der Waals surface area contributed by atoms with Crippen LogP contribution in [0.3, 0.4) is 0 Å². The molecule has 1 atom stereocenters. The first-order valence-electron chi connectivity index (χ1n) is 8.61. The molecule has 0 aliphatic carbocycles. The summed E-state index contributed by atoms with van der Waals surface area (Å²) in [4.78, 5) is 0. The zero-order chi connectivity index (χ0) is 17.5. The van der Waals surface area contributed by atoms with E-state index in [4.69, 9.17) is 15.2 Å². The summed E-state index contributed by atoms with van der Waals surface area (Å²) < 4.78 is 12.1. The van der Waals surface area contributed by atoms with Gasteiger partial charge in [-0.05, 0) is 48.4 Å². The number of nitrogens with two attached hydrogens (primary N) is 1. The van der Waals surface area contributed by atoms with Crippen LogP contribution >= 0.6 is 0 Å². The fraction of sp³-hybridized carbons (Fsp3) is 0.182. The van der Waals surface area contributed by atoms with Crippen molar-refractivity contribution in [3.63, 3.8) is 0 Å². The lowest BCUT2D eigenvalue weighted by Crippen LogP contribution is -2.09. The van der Waals surface area contributed by atoms with Crippen LogP contribution in [-0.2, 0) is 0 Å². The van der Waals surface area contributed by atoms with Crippen LogP contribution in [0.15, 0.2) is 78.9 Å². The fourth-order valence-corrected chi connectivity index (χ4v) is 2.63. The van der Waals surface area contributed by atoms with Gasteiger partial charge in [0.15, 0.2) is 11.5 Å². The second kappa shape index (κ2) is 8.36. The second-order valence-electron chi connectivity index (χ2n) is 5.93. The minimum Gasteiger partial charge on any atom is -0.453 e. The minimum absolute atomic E-state index is 0.00565. The van der Waals surface area contributed by atoms with Crippen molar-refractivity contribution in [1.82, 2.24) is 0 Å². The average Bonchev–Trinajstić information content (AvgIpc) is 2.65. The van der Waals surface area contributed by atoms with Crippen molar-refractivity contribution in [2.75, 3.05) is 0 Å². The first kappa shape index (κ1) is 17.1. The predicted octanol–water partition coefficient (Wildman–Crippen LogP) is 6.07. The van der Waals surface area contributed by atoms with E-state index < -0.39 is 0 Å². The summed E-state index contributed by atoms with van der Waals surface area (Å²) in [6.07, 6.45) is 1.97. The summed E-state index contributed by atoms with van der Waals surface area (Å²) in [6.45, 7) is 2.13. The SMILES string of the molecule is CCC[C@H](N)c1ccc(Oc2ccccc2)c(Oc2ccccc2)c1. The number of hydrogen-bond donors (Lipinski definition) is 1. The van der Waals surface area contributed by atoms with E-state index in [0.717, 1.165) is 29.9 Å². The van der Waals surface area contributed by atoms with Crippen LogP contribution in [0.25, 0.3) is 0 Å². The molecule has 0 spiro atoms. The van der Waals surface area contributed by atoms with Crippen molar-refractivity contribution in [3.05, 3.63) is 84.4 Å². The molecule has 3 rings (SSSR count). The summed E-state index contributed by atoms with van der Waals surface area (Å²) in [7, 11) is 0. The van der Waals surface area contributed by atoms with Crippen LogP contribution in [-0.4, -0.2) is 0 Å². The minimum atomic E-state index is -0.00565. The van der Waals surface area contributed by atoms with Crippen molar-refractivity contribution in [3.8, 4) is 23.0 Å². The number of para-hydroxylation sites is 2. The van der Waals surface area contributed by atoms with E-state index >= 15 is 0 Å². The molecule has 0 unspecified atom stereocenters. The van der Waals surface area contributed by atoms with E-state index in [0.29, 0.717) is 11.5 Å². The lowest BCUT2D eigenvalue weighted by Gasteiger charge is -2.16. The van der Waals surface area contributed by atoms with Gasteiger partial charge < -0.3 is 15.2 Å². The predicted molar refractivity (Wildman–Crippen MR) is 101 cm³/mol. The standard InChI is InChI=1S/C22H23NO2/c1-2-9-20(23)17-14-15-21(24-18-10-5-3-6-11-18)22(16-17)25-19-12-7-4-8-13-19/h3-8,10-16,20H,2,9,23H2,1H3/t20-/m0/s1. The summed E-state index contributed by atoms with van der Waals surface area (Å²) >= 11 is 0. The molecule has 3 heteroatoms. The topological polar surface area (TPSA) is 44.5 Å². The van der Waals surface area contributed by atoms with E-state index in [1.807, 2.05) is 78.9 Å². The van der Waals surface area contributed by atoms with E-state index in [2.05, 4.69) is 6.92 Å². The Balaban J connectivity index is 1.92. The van der Waals surface area contributed by atoms with Crippen molar-refractivity contribution in [2.45, 2.75) is 25.8 Å². The molecule has 3 aromatic rings. The van der Waals surface area contributed by atoms with Crippen molar-refractivity contribution in [2.24, 2.45) is 5.73 Å². The Morgan fingerprint density at radius 1 is 0.760 bits per heavy atom. The molecule has 0 fully saturated rings. The molecular weight excluding hydrogens is 310 g/mol. The average molecular weight is 333 g/mol. The summed E-state index contributed by atoms with van der Waals surface area (Å²) in [5.74, 6) is 2.87. The number of rotatable bonds is 7. The van der Waals surface area contributed by atoms with Crippen LogP contribution in [0.4, 0.5) is 0 Å². The molecule has 25 heavy (non-hydrogen) atoms. The molecule has 0 saturated heterocycles. The highest BCUT2D eigenvalue weighted by atomic mass is 16.5. The van der Waals surface area contributed by atoms with Crippen LogP contribution in [0.1, 0.15) is 31.4 Å². The van der Waals surface area contributed by atoms with Gasteiger partial charge in [0, 0.05) is 6.04 Å². The zero-order valence-electron chi connectivity index (χ0n) is 14.4. The van der Waals surface area contributed by atoms with Crippen molar-refractivity contribution >= 4 is 0 Å². The Kier molecular flexibility index (Phi) is 5.70. The van der Waals surface area contributed by atoms with Gasteiger partial charge in [0.1, 0.15) is 11.5 Å². The van der Waals surface area contributed by atoms with Gasteiger partial charge in [-0.1, -0.05) is 55.8 Å². The first-order valence-corrected chi connectivity index (χ1v) is 8.61. The monoisotopic (exact) mass is 333 g/mol. The van der Waals surface area contributed by atoms with Gasteiger partial charge in [-0.25, -0.2) is 0 Å². The molecule has 0 bridgehead atoms. The Morgan fingerprint density at radius 3 is 1.88 bits per heavy atom. The van der Waals surface area contributed by atoms with E-state index in [1.54, 1.807) is 0 Å². The highest BCUT2D eigenvalue weighted by Crippen LogP contribution is 2.37. The third-order valence-corrected chi connectivity index (χ3v) is 3.94. The number of hydrogen-bond acceptors (Lipinski definition) is 3. The Labute approximate surface area is 149 Å². The highest BCUT2D eigenvalue weighted by Gasteiger charge is 2.13. The molecule has 0 aromatic heterocycles. The van der Waals surface area contributed by atoms with Gasteiger partial charge in [-0.15, -0.1) is 0 Å². The van der Waals surface area contributed by atoms with Gasteiger partial charge in [0.2, 0.25) is 0 Å². The van der Waals surface area contributed by atoms with Crippen LogP contribution in [0.2, 0.25) is 0 Å². The van der Waals surface area contributed by atoms with Gasteiger partial charge in [0.25, 0.3) is 0 Å². The third kappa shape index (κ3) is 4.61. The first-order chi connectivity index (χ1) is 12.3. The Hall–Kier alpha value is -2.78. The zero-order valence-corrected chi connectivity index (χ0v) is 14.4. The smallest absolute Gasteiger partial charge is 0.170 e. The maximum Gasteiger partial charge on any atom is 0.170 e. The second-order valence-corrected chi connectivity index (χ2v) is 5.93. The maximum atomic E-state index is 6.27. The van der Waals surface area contributed by atoms with Crippen LogP contribution in [0, 0.1) is 0 Å². The molecule has 0 heterocycles. The molecule has 0 radical (unpaired) electrons. The van der Waals surface area contributed by atoms with Gasteiger partial charge in [-0.2, -0.15) is 0 Å². The highest BCUT2D eigenvalue weighted by molar-refractivity contribution is 5.48. The quantitative estimate of drug-likeness (QED) is 0.570. The molecule has 128 valence electrons. The molecule has 0 saturated carbocycles.